The second-order valence-electron chi connectivity index (χ2n) is 5.29. The average molecular weight is 272 g/mol. The molecule has 2 aromatic carbocycles. The third kappa shape index (κ3) is 2.93. The molecular weight excluding hydrogens is 254 g/mol. The standard InChI is InChI=1S/C17H18ClN/c1-12-16(18)6-3-7-17(12)19-11-13-4-2-5-15(10-13)14-8-9-14/h2-7,10,14,19H,8-9,11H2,1H3. The highest BCUT2D eigenvalue weighted by Gasteiger charge is 2.23. The van der Waals surface area contributed by atoms with Gasteiger partial charge in [0.15, 0.2) is 0 Å². The summed E-state index contributed by atoms with van der Waals surface area (Å²) in [6, 6.07) is 14.9. The van der Waals surface area contributed by atoms with Gasteiger partial charge >= 0.3 is 0 Å². The SMILES string of the molecule is Cc1c(Cl)cccc1NCc1cccc(C2CC2)c1. The van der Waals surface area contributed by atoms with Gasteiger partial charge in [0, 0.05) is 17.3 Å². The van der Waals surface area contributed by atoms with E-state index in [1.54, 1.807) is 0 Å². The number of halogens is 1. The van der Waals surface area contributed by atoms with E-state index in [9.17, 15) is 0 Å². The van der Waals surface area contributed by atoms with Crippen LogP contribution in [0.3, 0.4) is 0 Å². The first-order valence-electron chi connectivity index (χ1n) is 6.82. The van der Waals surface area contributed by atoms with Crippen LogP contribution in [-0.4, -0.2) is 0 Å². The molecule has 2 aromatic rings. The van der Waals surface area contributed by atoms with Gasteiger partial charge in [0.2, 0.25) is 0 Å². The first-order valence-corrected chi connectivity index (χ1v) is 7.19. The fraction of sp³-hybridized carbons (Fsp3) is 0.294. The van der Waals surface area contributed by atoms with Crippen molar-refractivity contribution in [3.8, 4) is 0 Å². The molecule has 0 amide bonds. The Labute approximate surface area is 119 Å². The second kappa shape index (κ2) is 5.26. The summed E-state index contributed by atoms with van der Waals surface area (Å²) in [7, 11) is 0. The van der Waals surface area contributed by atoms with Gasteiger partial charge in [0.25, 0.3) is 0 Å². The molecule has 1 N–H and O–H groups in total. The van der Waals surface area contributed by atoms with E-state index < -0.39 is 0 Å². The van der Waals surface area contributed by atoms with Gasteiger partial charge in [0.05, 0.1) is 0 Å². The summed E-state index contributed by atoms with van der Waals surface area (Å²) in [5.74, 6) is 0.813. The quantitative estimate of drug-likeness (QED) is 0.812. The molecule has 0 bridgehead atoms. The zero-order valence-electron chi connectivity index (χ0n) is 11.1. The molecule has 1 saturated carbocycles. The maximum absolute atomic E-state index is 6.13. The molecule has 0 saturated heterocycles. The summed E-state index contributed by atoms with van der Waals surface area (Å²) < 4.78 is 0. The van der Waals surface area contributed by atoms with Crippen molar-refractivity contribution in [3.63, 3.8) is 0 Å². The van der Waals surface area contributed by atoms with Crippen molar-refractivity contribution >= 4 is 17.3 Å². The van der Waals surface area contributed by atoms with Crippen LogP contribution < -0.4 is 5.32 Å². The molecule has 19 heavy (non-hydrogen) atoms. The Bertz CT molecular complexity index is 588. The number of anilines is 1. The van der Waals surface area contributed by atoms with Crippen molar-refractivity contribution < 1.29 is 0 Å². The lowest BCUT2D eigenvalue weighted by atomic mass is 10.1. The predicted molar refractivity (Wildman–Crippen MR) is 81.9 cm³/mol. The molecule has 2 heteroatoms. The van der Waals surface area contributed by atoms with Gasteiger partial charge in [-0.15, -0.1) is 0 Å². The Morgan fingerprint density at radius 1 is 1.16 bits per heavy atom. The monoisotopic (exact) mass is 271 g/mol. The van der Waals surface area contributed by atoms with E-state index in [1.165, 1.54) is 24.0 Å². The summed E-state index contributed by atoms with van der Waals surface area (Å²) in [5, 5.41) is 4.29. The van der Waals surface area contributed by atoms with Crippen LogP contribution in [0.2, 0.25) is 5.02 Å². The number of benzene rings is 2. The number of nitrogens with one attached hydrogen (secondary N) is 1. The second-order valence-corrected chi connectivity index (χ2v) is 5.69. The smallest absolute Gasteiger partial charge is 0.0455 e. The van der Waals surface area contributed by atoms with Crippen LogP contribution in [0.4, 0.5) is 5.69 Å². The van der Waals surface area contributed by atoms with E-state index in [0.717, 1.165) is 28.7 Å². The van der Waals surface area contributed by atoms with E-state index in [2.05, 4.69) is 35.6 Å². The Kier molecular flexibility index (Phi) is 3.48. The summed E-state index contributed by atoms with van der Waals surface area (Å²) in [5.41, 5.74) is 5.05. The number of hydrogen-bond acceptors (Lipinski definition) is 1. The lowest BCUT2D eigenvalue weighted by molar-refractivity contribution is 1.08. The largest absolute Gasteiger partial charge is 0.381 e. The molecule has 1 aliphatic carbocycles. The molecule has 0 aromatic heterocycles. The minimum atomic E-state index is 0.813. The van der Waals surface area contributed by atoms with E-state index in [1.807, 2.05) is 19.1 Å². The normalized spacial score (nSPS) is 14.4. The van der Waals surface area contributed by atoms with E-state index in [0.29, 0.717) is 0 Å². The fourth-order valence-electron chi connectivity index (χ4n) is 2.37. The molecule has 1 aliphatic rings. The van der Waals surface area contributed by atoms with Gasteiger partial charge in [-0.2, -0.15) is 0 Å². The summed E-state index contributed by atoms with van der Waals surface area (Å²) in [6.07, 6.45) is 2.70. The van der Waals surface area contributed by atoms with Crippen molar-refractivity contribution in [3.05, 3.63) is 64.2 Å². The first-order chi connectivity index (χ1) is 9.24. The highest BCUT2D eigenvalue weighted by Crippen LogP contribution is 2.40. The highest BCUT2D eigenvalue weighted by atomic mass is 35.5. The maximum atomic E-state index is 6.13. The molecule has 3 rings (SSSR count). The molecule has 0 atom stereocenters. The van der Waals surface area contributed by atoms with Gasteiger partial charge in [-0.1, -0.05) is 41.9 Å². The summed E-state index contributed by atoms with van der Waals surface area (Å²) in [6.45, 7) is 2.90. The van der Waals surface area contributed by atoms with Crippen molar-refractivity contribution in [1.82, 2.24) is 0 Å². The predicted octanol–water partition coefficient (Wildman–Crippen LogP) is 5.14. The lowest BCUT2D eigenvalue weighted by Gasteiger charge is -2.11. The zero-order chi connectivity index (χ0) is 13.2. The lowest BCUT2D eigenvalue weighted by Crippen LogP contribution is -2.01. The van der Waals surface area contributed by atoms with Crippen molar-refractivity contribution in [1.29, 1.82) is 0 Å². The van der Waals surface area contributed by atoms with Crippen LogP contribution in [0.15, 0.2) is 42.5 Å². The Morgan fingerprint density at radius 3 is 2.74 bits per heavy atom. The van der Waals surface area contributed by atoms with Crippen molar-refractivity contribution in [2.45, 2.75) is 32.2 Å². The minimum Gasteiger partial charge on any atom is -0.381 e. The first kappa shape index (κ1) is 12.6. The summed E-state index contributed by atoms with van der Waals surface area (Å²) in [4.78, 5) is 0. The number of rotatable bonds is 4. The van der Waals surface area contributed by atoms with E-state index in [4.69, 9.17) is 11.6 Å². The summed E-state index contributed by atoms with van der Waals surface area (Å²) >= 11 is 6.13. The van der Waals surface area contributed by atoms with Crippen molar-refractivity contribution in [2.24, 2.45) is 0 Å². The Morgan fingerprint density at radius 2 is 1.95 bits per heavy atom. The third-order valence-corrected chi connectivity index (χ3v) is 4.16. The van der Waals surface area contributed by atoms with Crippen LogP contribution in [0.5, 0.6) is 0 Å². The van der Waals surface area contributed by atoms with Gasteiger partial charge < -0.3 is 5.32 Å². The topological polar surface area (TPSA) is 12.0 Å². The van der Waals surface area contributed by atoms with Crippen LogP contribution in [-0.2, 0) is 6.54 Å². The highest BCUT2D eigenvalue weighted by molar-refractivity contribution is 6.31. The molecule has 0 radical (unpaired) electrons. The van der Waals surface area contributed by atoms with E-state index in [-0.39, 0.29) is 0 Å². The molecule has 1 nitrogen and oxygen atoms in total. The minimum absolute atomic E-state index is 0.813. The molecule has 0 spiro atoms. The van der Waals surface area contributed by atoms with E-state index >= 15 is 0 Å². The van der Waals surface area contributed by atoms with Crippen LogP contribution >= 0.6 is 11.6 Å². The van der Waals surface area contributed by atoms with Crippen molar-refractivity contribution in [2.75, 3.05) is 5.32 Å². The molecular formula is C17H18ClN. The molecule has 0 aliphatic heterocycles. The maximum Gasteiger partial charge on any atom is 0.0455 e. The van der Waals surface area contributed by atoms with Gasteiger partial charge in [-0.05, 0) is 54.5 Å². The van der Waals surface area contributed by atoms with Gasteiger partial charge in [-0.25, -0.2) is 0 Å². The molecule has 0 heterocycles. The Balaban J connectivity index is 1.71. The fourth-order valence-corrected chi connectivity index (χ4v) is 2.54. The molecule has 0 unspecified atom stereocenters. The van der Waals surface area contributed by atoms with Gasteiger partial charge in [0.1, 0.15) is 0 Å². The van der Waals surface area contributed by atoms with Crippen LogP contribution in [0, 0.1) is 6.92 Å². The van der Waals surface area contributed by atoms with Crippen LogP contribution in [0.1, 0.15) is 35.4 Å². The average Bonchev–Trinajstić information content (AvgIpc) is 3.25. The zero-order valence-corrected chi connectivity index (χ0v) is 11.9. The molecule has 1 fully saturated rings. The third-order valence-electron chi connectivity index (χ3n) is 3.75. The Hall–Kier alpha value is -1.47. The number of hydrogen-bond donors (Lipinski definition) is 1. The van der Waals surface area contributed by atoms with Gasteiger partial charge in [-0.3, -0.25) is 0 Å². The molecule has 98 valence electrons. The van der Waals surface area contributed by atoms with Crippen LogP contribution in [0.25, 0.3) is 0 Å².